The maximum atomic E-state index is 12.6. The van der Waals surface area contributed by atoms with Gasteiger partial charge in [-0.1, -0.05) is 35.6 Å². The number of aryl methyl sites for hydroxylation is 2. The average Bonchev–Trinajstić information content (AvgIpc) is 2.99. The van der Waals surface area contributed by atoms with Crippen LogP contribution in [0.2, 0.25) is 0 Å². The van der Waals surface area contributed by atoms with Crippen LogP contribution in [0.25, 0.3) is 21.1 Å². The minimum atomic E-state index is -0.386. The van der Waals surface area contributed by atoms with Crippen LogP contribution < -0.4 is 15.8 Å². The molecule has 0 spiro atoms. The van der Waals surface area contributed by atoms with Gasteiger partial charge in [-0.25, -0.2) is 10.4 Å². The topological polar surface area (TPSA) is 81.3 Å². The standard InChI is InChI=1S/C19H17N5O2S/c1-12-6-5-7-13-17(12)20-11-24(18(13)26)10-16(25)21-22-19-23(2)14-8-3-4-9-15(14)27-19/h3-9,11H,10H2,1-2H3,(H,21,25)/b22-19-. The molecule has 2 aromatic heterocycles. The van der Waals surface area contributed by atoms with E-state index in [1.807, 2.05) is 54.9 Å². The molecule has 0 aliphatic carbocycles. The van der Waals surface area contributed by atoms with Crippen molar-refractivity contribution in [3.05, 3.63) is 69.5 Å². The van der Waals surface area contributed by atoms with Gasteiger partial charge >= 0.3 is 0 Å². The summed E-state index contributed by atoms with van der Waals surface area (Å²) in [6, 6.07) is 13.3. The summed E-state index contributed by atoms with van der Waals surface area (Å²) in [5, 5.41) is 4.69. The van der Waals surface area contributed by atoms with Crippen molar-refractivity contribution < 1.29 is 4.79 Å². The lowest BCUT2D eigenvalue weighted by Gasteiger charge is -2.06. The highest BCUT2D eigenvalue weighted by Crippen LogP contribution is 2.15. The van der Waals surface area contributed by atoms with Gasteiger partial charge in [0.1, 0.15) is 6.54 Å². The second-order valence-corrected chi connectivity index (χ2v) is 7.22. The summed E-state index contributed by atoms with van der Waals surface area (Å²) in [6.45, 7) is 1.75. The number of fused-ring (bicyclic) bond motifs is 2. The van der Waals surface area contributed by atoms with Crippen molar-refractivity contribution in [3.63, 3.8) is 0 Å². The molecule has 0 unspecified atom stereocenters. The fraction of sp³-hybridized carbons (Fsp3) is 0.158. The maximum Gasteiger partial charge on any atom is 0.261 e. The Hall–Kier alpha value is -3.26. The highest BCUT2D eigenvalue weighted by Gasteiger charge is 2.09. The van der Waals surface area contributed by atoms with Crippen LogP contribution in [0, 0.1) is 6.92 Å². The Kier molecular flexibility index (Phi) is 4.33. The van der Waals surface area contributed by atoms with Gasteiger partial charge in [-0.05, 0) is 30.7 Å². The van der Waals surface area contributed by atoms with E-state index in [9.17, 15) is 9.59 Å². The third-order valence-corrected chi connectivity index (χ3v) is 5.47. The van der Waals surface area contributed by atoms with Crippen LogP contribution in [0.3, 0.4) is 0 Å². The molecule has 0 atom stereocenters. The van der Waals surface area contributed by atoms with Gasteiger partial charge in [0.25, 0.3) is 11.5 Å². The minimum Gasteiger partial charge on any atom is -0.318 e. The molecule has 2 aromatic carbocycles. The number of nitrogens with one attached hydrogen (secondary N) is 1. The number of nitrogens with zero attached hydrogens (tertiary/aromatic N) is 4. The molecule has 0 bridgehead atoms. The number of hydrogen-bond donors (Lipinski definition) is 1. The molecule has 0 aliphatic rings. The van der Waals surface area contributed by atoms with Gasteiger partial charge in [0.2, 0.25) is 4.80 Å². The summed E-state index contributed by atoms with van der Waals surface area (Å²) >= 11 is 1.48. The Morgan fingerprint density at radius 1 is 1.22 bits per heavy atom. The van der Waals surface area contributed by atoms with Gasteiger partial charge in [-0.3, -0.25) is 14.2 Å². The molecule has 1 N–H and O–H groups in total. The molecular weight excluding hydrogens is 362 g/mol. The Labute approximate surface area is 158 Å². The molecule has 0 saturated heterocycles. The quantitative estimate of drug-likeness (QED) is 0.552. The normalized spacial score (nSPS) is 12.0. The fourth-order valence-corrected chi connectivity index (χ4v) is 3.92. The first-order chi connectivity index (χ1) is 13.0. The Bertz CT molecular complexity index is 1300. The van der Waals surface area contributed by atoms with Crippen LogP contribution in [-0.2, 0) is 18.4 Å². The molecule has 136 valence electrons. The van der Waals surface area contributed by atoms with E-state index in [0.29, 0.717) is 15.7 Å². The van der Waals surface area contributed by atoms with Crippen molar-refractivity contribution in [2.75, 3.05) is 0 Å². The predicted molar refractivity (Wildman–Crippen MR) is 105 cm³/mol. The molecule has 1 amide bonds. The van der Waals surface area contributed by atoms with Gasteiger partial charge in [-0.15, -0.1) is 5.10 Å². The van der Waals surface area contributed by atoms with Crippen LogP contribution >= 0.6 is 11.3 Å². The first-order valence-electron chi connectivity index (χ1n) is 8.36. The van der Waals surface area contributed by atoms with Crippen molar-refractivity contribution in [1.82, 2.24) is 19.5 Å². The van der Waals surface area contributed by atoms with Crippen molar-refractivity contribution in [3.8, 4) is 0 Å². The molecular formula is C19H17N5O2S. The molecule has 4 aromatic rings. The second kappa shape index (κ2) is 6.81. The van der Waals surface area contributed by atoms with E-state index in [1.165, 1.54) is 22.2 Å². The van der Waals surface area contributed by atoms with Crippen LogP contribution in [0.5, 0.6) is 0 Å². The number of thiazole rings is 1. The third kappa shape index (κ3) is 3.15. The molecule has 27 heavy (non-hydrogen) atoms. The van der Waals surface area contributed by atoms with Crippen molar-refractivity contribution in [2.45, 2.75) is 13.5 Å². The summed E-state index contributed by atoms with van der Waals surface area (Å²) in [6.07, 6.45) is 1.40. The van der Waals surface area contributed by atoms with E-state index in [1.54, 1.807) is 6.07 Å². The highest BCUT2D eigenvalue weighted by atomic mass is 32.1. The average molecular weight is 379 g/mol. The number of amides is 1. The van der Waals surface area contributed by atoms with Crippen LogP contribution in [0.4, 0.5) is 0 Å². The largest absolute Gasteiger partial charge is 0.318 e. The molecule has 7 nitrogen and oxygen atoms in total. The lowest BCUT2D eigenvalue weighted by Crippen LogP contribution is -2.31. The van der Waals surface area contributed by atoms with Gasteiger partial charge in [-0.2, -0.15) is 0 Å². The fourth-order valence-electron chi connectivity index (χ4n) is 2.94. The molecule has 4 rings (SSSR count). The van der Waals surface area contributed by atoms with E-state index in [4.69, 9.17) is 0 Å². The smallest absolute Gasteiger partial charge is 0.261 e. The van der Waals surface area contributed by atoms with E-state index in [-0.39, 0.29) is 18.0 Å². The first kappa shape index (κ1) is 17.2. The highest BCUT2D eigenvalue weighted by molar-refractivity contribution is 7.16. The zero-order valence-corrected chi connectivity index (χ0v) is 15.7. The van der Waals surface area contributed by atoms with E-state index in [0.717, 1.165) is 15.8 Å². The molecule has 0 saturated carbocycles. The summed E-state index contributed by atoms with van der Waals surface area (Å²) in [5.74, 6) is -0.386. The molecule has 0 radical (unpaired) electrons. The zero-order valence-electron chi connectivity index (χ0n) is 14.8. The van der Waals surface area contributed by atoms with Gasteiger partial charge in [0, 0.05) is 7.05 Å². The van der Waals surface area contributed by atoms with Gasteiger partial charge < -0.3 is 4.57 Å². The summed E-state index contributed by atoms with van der Waals surface area (Å²) in [5.41, 5.74) is 4.90. The molecule has 0 aliphatic heterocycles. The number of carbonyl (C=O) groups excluding carboxylic acids is 1. The van der Waals surface area contributed by atoms with Crippen LogP contribution in [0.1, 0.15) is 5.56 Å². The van der Waals surface area contributed by atoms with E-state index < -0.39 is 0 Å². The summed E-state index contributed by atoms with van der Waals surface area (Å²) < 4.78 is 4.28. The summed E-state index contributed by atoms with van der Waals surface area (Å²) in [4.78, 5) is 29.8. The van der Waals surface area contributed by atoms with Crippen molar-refractivity contribution in [1.29, 1.82) is 0 Å². The Balaban J connectivity index is 1.59. The zero-order chi connectivity index (χ0) is 19.0. The number of aromatic nitrogens is 3. The van der Waals surface area contributed by atoms with Crippen molar-refractivity contribution in [2.24, 2.45) is 12.1 Å². The van der Waals surface area contributed by atoms with Gasteiger partial charge in [0.15, 0.2) is 0 Å². The monoisotopic (exact) mass is 379 g/mol. The maximum absolute atomic E-state index is 12.6. The first-order valence-corrected chi connectivity index (χ1v) is 9.18. The number of benzene rings is 2. The lowest BCUT2D eigenvalue weighted by atomic mass is 10.1. The number of para-hydroxylation sites is 2. The predicted octanol–water partition coefficient (Wildman–Crippen LogP) is 1.89. The van der Waals surface area contributed by atoms with Crippen molar-refractivity contribution >= 4 is 38.4 Å². The molecule has 0 fully saturated rings. The number of hydrogen-bond acceptors (Lipinski definition) is 5. The van der Waals surface area contributed by atoms with E-state index >= 15 is 0 Å². The van der Waals surface area contributed by atoms with Crippen LogP contribution in [0.15, 0.2) is 58.7 Å². The second-order valence-electron chi connectivity index (χ2n) is 6.21. The number of rotatable bonds is 3. The Morgan fingerprint density at radius 2 is 2.04 bits per heavy atom. The van der Waals surface area contributed by atoms with Gasteiger partial charge in [0.05, 0.1) is 27.4 Å². The lowest BCUT2D eigenvalue weighted by molar-refractivity contribution is -0.121. The molecule has 8 heteroatoms. The SMILES string of the molecule is Cc1cccc2c(=O)n(CC(=O)N/N=c3\sc4ccccc4n3C)cnc12. The minimum absolute atomic E-state index is 0.145. The van der Waals surface area contributed by atoms with Crippen LogP contribution in [-0.4, -0.2) is 20.0 Å². The Morgan fingerprint density at radius 3 is 2.85 bits per heavy atom. The van der Waals surface area contributed by atoms with E-state index in [2.05, 4.69) is 15.5 Å². The third-order valence-electron chi connectivity index (χ3n) is 4.36. The molecule has 2 heterocycles. The summed E-state index contributed by atoms with van der Waals surface area (Å²) in [7, 11) is 1.89. The number of carbonyl (C=O) groups is 1.